The van der Waals surface area contributed by atoms with Crippen LogP contribution in [0.2, 0.25) is 0 Å². The summed E-state index contributed by atoms with van der Waals surface area (Å²) in [6.07, 6.45) is 0.757. The molecule has 1 aromatic rings. The minimum Gasteiger partial charge on any atom is -0.316 e. The highest BCUT2D eigenvalue weighted by molar-refractivity contribution is 7.88. The molecule has 1 aliphatic heterocycles. The molecule has 0 aliphatic carbocycles. The van der Waals surface area contributed by atoms with Gasteiger partial charge >= 0.3 is 0 Å². The lowest BCUT2D eigenvalue weighted by atomic mass is 10.2. The molecule has 0 amide bonds. The van der Waals surface area contributed by atoms with Crippen LogP contribution in [0.25, 0.3) is 0 Å². The van der Waals surface area contributed by atoms with E-state index in [1.807, 2.05) is 0 Å². The molecule has 1 saturated heterocycles. The Bertz CT molecular complexity index is 602. The maximum absolute atomic E-state index is 12.3. The Morgan fingerprint density at radius 1 is 1.45 bits per heavy atom. The third-order valence-electron chi connectivity index (χ3n) is 3.48. The average molecular weight is 299 g/mol. The largest absolute Gasteiger partial charge is 0.316 e. The minimum absolute atomic E-state index is 0.149. The highest BCUT2D eigenvalue weighted by Crippen LogP contribution is 2.23. The van der Waals surface area contributed by atoms with Crippen molar-refractivity contribution in [1.82, 2.24) is 9.62 Å². The monoisotopic (exact) mass is 299 g/mol. The van der Waals surface area contributed by atoms with Gasteiger partial charge in [-0.25, -0.2) is 12.7 Å². The third-order valence-corrected chi connectivity index (χ3v) is 5.27. The smallest absolute Gasteiger partial charge is 0.273 e. The van der Waals surface area contributed by atoms with Gasteiger partial charge in [0.15, 0.2) is 0 Å². The number of nitrogens with one attached hydrogen (secondary N) is 1. The van der Waals surface area contributed by atoms with E-state index in [0.29, 0.717) is 13.1 Å². The van der Waals surface area contributed by atoms with Crippen LogP contribution in [0.15, 0.2) is 24.3 Å². The Morgan fingerprint density at radius 2 is 2.15 bits per heavy atom. The Kier molecular flexibility index (Phi) is 4.36. The van der Waals surface area contributed by atoms with Crippen molar-refractivity contribution in [3.05, 3.63) is 39.9 Å². The number of likely N-dealkylation sites (N-methyl/N-ethyl adjacent to an activating group) is 1. The number of nitro groups is 1. The first-order valence-electron chi connectivity index (χ1n) is 6.31. The number of sulfonamides is 1. The topological polar surface area (TPSA) is 92.6 Å². The van der Waals surface area contributed by atoms with Crippen LogP contribution in [-0.4, -0.2) is 43.8 Å². The zero-order valence-electron chi connectivity index (χ0n) is 11.2. The fraction of sp³-hybridized carbons (Fsp3) is 0.500. The molecule has 1 aliphatic rings. The zero-order chi connectivity index (χ0) is 14.8. The maximum Gasteiger partial charge on any atom is 0.273 e. The molecule has 8 heteroatoms. The van der Waals surface area contributed by atoms with E-state index in [4.69, 9.17) is 0 Å². The van der Waals surface area contributed by atoms with Crippen molar-refractivity contribution >= 4 is 15.7 Å². The predicted octanol–water partition coefficient (Wildman–Crippen LogP) is 0.718. The molecular formula is C12H17N3O4S. The Labute approximate surface area is 117 Å². The molecule has 110 valence electrons. The summed E-state index contributed by atoms with van der Waals surface area (Å²) in [5, 5.41) is 14.0. The number of hydrogen-bond acceptors (Lipinski definition) is 5. The van der Waals surface area contributed by atoms with E-state index < -0.39 is 14.9 Å². The second-order valence-electron chi connectivity index (χ2n) is 4.77. The SMILES string of the molecule is CNC1CCN(S(=O)(=O)Cc2ccccc2[N+](=O)[O-])C1. The van der Waals surface area contributed by atoms with E-state index in [0.717, 1.165) is 6.42 Å². The molecule has 0 bridgehead atoms. The third kappa shape index (κ3) is 3.14. The summed E-state index contributed by atoms with van der Waals surface area (Å²) in [7, 11) is -1.73. The van der Waals surface area contributed by atoms with Gasteiger partial charge in [0.25, 0.3) is 5.69 Å². The van der Waals surface area contributed by atoms with Crippen molar-refractivity contribution in [2.75, 3.05) is 20.1 Å². The highest BCUT2D eigenvalue weighted by Gasteiger charge is 2.32. The standard InChI is InChI=1S/C12H17N3O4S/c1-13-11-6-7-14(8-11)20(18,19)9-10-4-2-3-5-12(10)15(16)17/h2-5,11,13H,6-9H2,1H3. The Morgan fingerprint density at radius 3 is 2.75 bits per heavy atom. The van der Waals surface area contributed by atoms with Crippen LogP contribution in [-0.2, 0) is 15.8 Å². The lowest BCUT2D eigenvalue weighted by Gasteiger charge is -2.16. The molecule has 1 aromatic carbocycles. The van der Waals surface area contributed by atoms with Crippen LogP contribution in [0.3, 0.4) is 0 Å². The summed E-state index contributed by atoms with van der Waals surface area (Å²) in [4.78, 5) is 10.4. The van der Waals surface area contributed by atoms with E-state index in [9.17, 15) is 18.5 Å². The lowest BCUT2D eigenvalue weighted by molar-refractivity contribution is -0.385. The van der Waals surface area contributed by atoms with E-state index in [-0.39, 0.29) is 23.0 Å². The normalized spacial score (nSPS) is 20.1. The van der Waals surface area contributed by atoms with Gasteiger partial charge in [-0.15, -0.1) is 0 Å². The summed E-state index contributed by atoms with van der Waals surface area (Å²) >= 11 is 0. The zero-order valence-corrected chi connectivity index (χ0v) is 12.0. The summed E-state index contributed by atoms with van der Waals surface area (Å²) in [6.45, 7) is 0.869. The Hall–Kier alpha value is -1.51. The van der Waals surface area contributed by atoms with Crippen molar-refractivity contribution in [3.63, 3.8) is 0 Å². The highest BCUT2D eigenvalue weighted by atomic mass is 32.2. The van der Waals surface area contributed by atoms with Gasteiger partial charge in [-0.05, 0) is 13.5 Å². The quantitative estimate of drug-likeness (QED) is 0.639. The summed E-state index contributed by atoms with van der Waals surface area (Å²) in [6, 6.07) is 6.10. The van der Waals surface area contributed by atoms with Gasteiger partial charge in [0, 0.05) is 30.8 Å². The van der Waals surface area contributed by atoms with Crippen LogP contribution >= 0.6 is 0 Å². The second kappa shape index (κ2) is 5.86. The molecule has 20 heavy (non-hydrogen) atoms. The first kappa shape index (κ1) is 14.9. The van der Waals surface area contributed by atoms with Crippen LogP contribution in [0.1, 0.15) is 12.0 Å². The number of para-hydroxylation sites is 1. The van der Waals surface area contributed by atoms with Gasteiger partial charge < -0.3 is 5.32 Å². The van der Waals surface area contributed by atoms with E-state index in [1.54, 1.807) is 13.1 Å². The molecule has 1 heterocycles. The van der Waals surface area contributed by atoms with Crippen molar-refractivity contribution in [3.8, 4) is 0 Å². The molecule has 0 spiro atoms. The number of rotatable bonds is 5. The summed E-state index contributed by atoms with van der Waals surface area (Å²) in [5.41, 5.74) is 0.0749. The predicted molar refractivity (Wildman–Crippen MR) is 74.8 cm³/mol. The molecule has 7 nitrogen and oxygen atoms in total. The van der Waals surface area contributed by atoms with Crippen molar-refractivity contribution in [2.45, 2.75) is 18.2 Å². The van der Waals surface area contributed by atoms with E-state index in [2.05, 4.69) is 5.32 Å². The van der Waals surface area contributed by atoms with E-state index >= 15 is 0 Å². The molecule has 1 fully saturated rings. The average Bonchev–Trinajstić information content (AvgIpc) is 2.88. The summed E-state index contributed by atoms with van der Waals surface area (Å²) in [5.74, 6) is -0.333. The molecule has 0 radical (unpaired) electrons. The first-order chi connectivity index (χ1) is 9.44. The van der Waals surface area contributed by atoms with Gasteiger partial charge in [-0.1, -0.05) is 18.2 Å². The molecule has 0 saturated carbocycles. The molecular weight excluding hydrogens is 282 g/mol. The number of nitrogens with zero attached hydrogens (tertiary/aromatic N) is 2. The van der Waals surface area contributed by atoms with Crippen molar-refractivity contribution < 1.29 is 13.3 Å². The molecule has 1 unspecified atom stereocenters. The Balaban J connectivity index is 2.19. The van der Waals surface area contributed by atoms with Gasteiger partial charge in [-0.2, -0.15) is 0 Å². The van der Waals surface area contributed by atoms with Crippen LogP contribution < -0.4 is 5.32 Å². The number of hydrogen-bond donors (Lipinski definition) is 1. The molecule has 1 N–H and O–H groups in total. The molecule has 1 atom stereocenters. The first-order valence-corrected chi connectivity index (χ1v) is 7.92. The lowest BCUT2D eigenvalue weighted by Crippen LogP contribution is -2.34. The van der Waals surface area contributed by atoms with Gasteiger partial charge in [0.2, 0.25) is 10.0 Å². The van der Waals surface area contributed by atoms with Gasteiger partial charge in [0.1, 0.15) is 0 Å². The second-order valence-corrected chi connectivity index (χ2v) is 6.74. The number of benzene rings is 1. The van der Waals surface area contributed by atoms with E-state index in [1.165, 1.54) is 22.5 Å². The molecule has 2 rings (SSSR count). The fourth-order valence-corrected chi connectivity index (χ4v) is 3.93. The molecule has 0 aromatic heterocycles. The van der Waals surface area contributed by atoms with Crippen molar-refractivity contribution in [2.24, 2.45) is 0 Å². The number of nitro benzene ring substituents is 1. The minimum atomic E-state index is -3.52. The van der Waals surface area contributed by atoms with Crippen LogP contribution in [0.5, 0.6) is 0 Å². The van der Waals surface area contributed by atoms with Crippen molar-refractivity contribution in [1.29, 1.82) is 0 Å². The summed E-state index contributed by atoms with van der Waals surface area (Å²) < 4.78 is 26.0. The maximum atomic E-state index is 12.3. The van der Waals surface area contributed by atoms with Crippen LogP contribution in [0, 0.1) is 10.1 Å². The van der Waals surface area contributed by atoms with Crippen LogP contribution in [0.4, 0.5) is 5.69 Å². The van der Waals surface area contributed by atoms with Gasteiger partial charge in [-0.3, -0.25) is 10.1 Å². The van der Waals surface area contributed by atoms with Gasteiger partial charge in [0.05, 0.1) is 10.7 Å². The fourth-order valence-electron chi connectivity index (χ4n) is 2.32.